The van der Waals surface area contributed by atoms with Gasteiger partial charge < -0.3 is 14.8 Å². The predicted molar refractivity (Wildman–Crippen MR) is 78.0 cm³/mol. The fraction of sp³-hybridized carbons (Fsp3) is 0.600. The van der Waals surface area contributed by atoms with Gasteiger partial charge in [0.25, 0.3) is 0 Å². The van der Waals surface area contributed by atoms with Crippen molar-refractivity contribution in [2.24, 2.45) is 0 Å². The van der Waals surface area contributed by atoms with Crippen molar-refractivity contribution in [3.8, 4) is 5.75 Å². The Hall–Kier alpha value is -0.840. The zero-order valence-electron chi connectivity index (χ0n) is 11.7. The molecule has 2 unspecified atom stereocenters. The standard InChI is InChI=1S/C15H21ClFNO2/c1-2-8-18-9-11-6-7-12(20-11)10-19-14-5-3-4-13(16)15(14)17/h3-5,11-12,18H,2,6-10H2,1H3. The number of ether oxygens (including phenoxy) is 2. The summed E-state index contributed by atoms with van der Waals surface area (Å²) in [7, 11) is 0. The van der Waals surface area contributed by atoms with Gasteiger partial charge in [-0.1, -0.05) is 24.6 Å². The molecule has 1 aliphatic heterocycles. The Morgan fingerprint density at radius 1 is 1.40 bits per heavy atom. The van der Waals surface area contributed by atoms with Crippen LogP contribution in [0.25, 0.3) is 0 Å². The van der Waals surface area contributed by atoms with E-state index >= 15 is 0 Å². The molecule has 0 radical (unpaired) electrons. The molecule has 0 saturated carbocycles. The third-order valence-electron chi connectivity index (χ3n) is 3.34. The smallest absolute Gasteiger partial charge is 0.183 e. The molecular formula is C15H21ClFNO2. The van der Waals surface area contributed by atoms with Crippen LogP contribution in [0.15, 0.2) is 18.2 Å². The van der Waals surface area contributed by atoms with Crippen LogP contribution in [0.1, 0.15) is 26.2 Å². The second-order valence-electron chi connectivity index (χ2n) is 5.02. The Kier molecular flexibility index (Phi) is 6.07. The van der Waals surface area contributed by atoms with Gasteiger partial charge >= 0.3 is 0 Å². The van der Waals surface area contributed by atoms with Gasteiger partial charge in [-0.2, -0.15) is 0 Å². The first-order chi connectivity index (χ1) is 9.70. The molecule has 1 N–H and O–H groups in total. The summed E-state index contributed by atoms with van der Waals surface area (Å²) >= 11 is 5.71. The van der Waals surface area contributed by atoms with Crippen LogP contribution in [0.3, 0.4) is 0 Å². The van der Waals surface area contributed by atoms with Crippen LogP contribution in [0, 0.1) is 5.82 Å². The number of halogens is 2. The molecule has 5 heteroatoms. The minimum Gasteiger partial charge on any atom is -0.488 e. The zero-order chi connectivity index (χ0) is 14.4. The van der Waals surface area contributed by atoms with E-state index in [1.165, 1.54) is 6.07 Å². The highest BCUT2D eigenvalue weighted by atomic mass is 35.5. The Balaban J connectivity index is 1.74. The van der Waals surface area contributed by atoms with Crippen molar-refractivity contribution in [3.63, 3.8) is 0 Å². The fourth-order valence-corrected chi connectivity index (χ4v) is 2.44. The van der Waals surface area contributed by atoms with Gasteiger partial charge in [-0.05, 0) is 37.9 Å². The molecule has 1 aliphatic rings. The normalized spacial score (nSPS) is 22.1. The number of hydrogen-bond acceptors (Lipinski definition) is 3. The van der Waals surface area contributed by atoms with E-state index in [1.54, 1.807) is 12.1 Å². The summed E-state index contributed by atoms with van der Waals surface area (Å²) < 4.78 is 25.0. The molecular weight excluding hydrogens is 281 g/mol. The lowest BCUT2D eigenvalue weighted by molar-refractivity contribution is 0.0179. The van der Waals surface area contributed by atoms with E-state index in [-0.39, 0.29) is 23.0 Å². The van der Waals surface area contributed by atoms with E-state index in [0.29, 0.717) is 6.61 Å². The average Bonchev–Trinajstić information content (AvgIpc) is 2.89. The van der Waals surface area contributed by atoms with Crippen molar-refractivity contribution >= 4 is 11.6 Å². The van der Waals surface area contributed by atoms with Crippen molar-refractivity contribution in [3.05, 3.63) is 29.0 Å². The van der Waals surface area contributed by atoms with Gasteiger partial charge in [-0.3, -0.25) is 0 Å². The minimum atomic E-state index is -0.506. The molecule has 1 aromatic rings. The van der Waals surface area contributed by atoms with Crippen LogP contribution in [-0.4, -0.2) is 31.9 Å². The van der Waals surface area contributed by atoms with Gasteiger partial charge in [-0.25, -0.2) is 4.39 Å². The van der Waals surface area contributed by atoms with Gasteiger partial charge in [0.15, 0.2) is 11.6 Å². The Bertz CT molecular complexity index is 430. The van der Waals surface area contributed by atoms with Gasteiger partial charge in [0.05, 0.1) is 17.2 Å². The summed E-state index contributed by atoms with van der Waals surface area (Å²) in [4.78, 5) is 0. The molecule has 2 rings (SSSR count). The van der Waals surface area contributed by atoms with Crippen LogP contribution >= 0.6 is 11.6 Å². The quantitative estimate of drug-likeness (QED) is 0.783. The lowest BCUT2D eigenvalue weighted by Crippen LogP contribution is -2.28. The summed E-state index contributed by atoms with van der Waals surface area (Å²) in [6.45, 7) is 4.38. The summed E-state index contributed by atoms with van der Waals surface area (Å²) in [6, 6.07) is 4.76. The highest BCUT2D eigenvalue weighted by molar-refractivity contribution is 6.30. The Labute approximate surface area is 124 Å². The minimum absolute atomic E-state index is 0.0295. The second-order valence-corrected chi connectivity index (χ2v) is 5.43. The first-order valence-corrected chi connectivity index (χ1v) is 7.51. The maximum Gasteiger partial charge on any atom is 0.183 e. The Morgan fingerprint density at radius 2 is 2.20 bits per heavy atom. The lowest BCUT2D eigenvalue weighted by atomic mass is 10.2. The van der Waals surface area contributed by atoms with Crippen molar-refractivity contribution in [1.29, 1.82) is 0 Å². The lowest BCUT2D eigenvalue weighted by Gasteiger charge is -2.15. The van der Waals surface area contributed by atoms with Gasteiger partial charge in [0.2, 0.25) is 0 Å². The van der Waals surface area contributed by atoms with E-state index in [1.807, 2.05) is 0 Å². The average molecular weight is 302 g/mol. The molecule has 0 spiro atoms. The molecule has 0 aliphatic carbocycles. The van der Waals surface area contributed by atoms with Crippen LogP contribution in [0.2, 0.25) is 5.02 Å². The van der Waals surface area contributed by atoms with Gasteiger partial charge in [0.1, 0.15) is 6.61 Å². The van der Waals surface area contributed by atoms with Crippen molar-refractivity contribution in [2.45, 2.75) is 38.4 Å². The molecule has 0 bridgehead atoms. The highest BCUT2D eigenvalue weighted by Crippen LogP contribution is 2.26. The Morgan fingerprint density at radius 3 is 3.00 bits per heavy atom. The topological polar surface area (TPSA) is 30.5 Å². The van der Waals surface area contributed by atoms with Crippen LogP contribution in [0.5, 0.6) is 5.75 Å². The van der Waals surface area contributed by atoms with E-state index < -0.39 is 5.82 Å². The third kappa shape index (κ3) is 4.33. The van der Waals surface area contributed by atoms with Gasteiger partial charge in [-0.15, -0.1) is 0 Å². The monoisotopic (exact) mass is 301 g/mol. The first kappa shape index (κ1) is 15.5. The number of rotatable bonds is 7. The third-order valence-corrected chi connectivity index (χ3v) is 3.63. The number of nitrogens with one attached hydrogen (secondary N) is 1. The van der Waals surface area contributed by atoms with Gasteiger partial charge in [0, 0.05) is 6.54 Å². The molecule has 3 nitrogen and oxygen atoms in total. The highest BCUT2D eigenvalue weighted by Gasteiger charge is 2.25. The molecule has 2 atom stereocenters. The van der Waals surface area contributed by atoms with E-state index in [2.05, 4.69) is 12.2 Å². The van der Waals surface area contributed by atoms with Crippen molar-refractivity contribution in [2.75, 3.05) is 19.7 Å². The largest absolute Gasteiger partial charge is 0.488 e. The van der Waals surface area contributed by atoms with Crippen molar-refractivity contribution in [1.82, 2.24) is 5.32 Å². The summed E-state index contributed by atoms with van der Waals surface area (Å²) in [5.74, 6) is -0.318. The van der Waals surface area contributed by atoms with Crippen molar-refractivity contribution < 1.29 is 13.9 Å². The van der Waals surface area contributed by atoms with Crippen LogP contribution in [0.4, 0.5) is 4.39 Å². The van der Waals surface area contributed by atoms with E-state index in [4.69, 9.17) is 21.1 Å². The summed E-state index contributed by atoms with van der Waals surface area (Å²) in [5.41, 5.74) is 0. The van der Waals surface area contributed by atoms with E-state index in [0.717, 1.165) is 32.4 Å². The zero-order valence-corrected chi connectivity index (χ0v) is 12.5. The predicted octanol–water partition coefficient (Wildman–Crippen LogP) is 3.41. The number of benzene rings is 1. The fourth-order valence-electron chi connectivity index (χ4n) is 2.27. The summed E-state index contributed by atoms with van der Waals surface area (Å²) in [6.07, 6.45) is 3.35. The van der Waals surface area contributed by atoms with Crippen LogP contribution in [-0.2, 0) is 4.74 Å². The maximum absolute atomic E-state index is 13.7. The molecule has 20 heavy (non-hydrogen) atoms. The molecule has 0 amide bonds. The summed E-state index contributed by atoms with van der Waals surface area (Å²) in [5, 5.41) is 3.42. The molecule has 1 aromatic carbocycles. The van der Waals surface area contributed by atoms with Crippen LogP contribution < -0.4 is 10.1 Å². The van der Waals surface area contributed by atoms with E-state index in [9.17, 15) is 4.39 Å². The molecule has 1 heterocycles. The number of hydrogen-bond donors (Lipinski definition) is 1. The molecule has 1 fully saturated rings. The SMILES string of the molecule is CCCNCC1CCC(COc2cccc(Cl)c2F)O1. The molecule has 1 saturated heterocycles. The second kappa shape index (κ2) is 7.81. The maximum atomic E-state index is 13.7. The first-order valence-electron chi connectivity index (χ1n) is 7.13. The molecule has 0 aromatic heterocycles. The molecule has 112 valence electrons.